The first-order valence-electron chi connectivity index (χ1n) is 7.77. The SMILES string of the molecule is O=C(O[C@H]1C2[C@@H]3[C@H]2[C@H]2CC=CC[C@@H]3C12)c1ccccc1. The van der Waals surface area contributed by atoms with Gasteiger partial charge in [0, 0.05) is 11.8 Å². The summed E-state index contributed by atoms with van der Waals surface area (Å²) < 4.78 is 5.93. The number of hydrogen-bond donors (Lipinski definition) is 0. The zero-order chi connectivity index (χ0) is 13.3. The molecule has 7 atom stereocenters. The van der Waals surface area contributed by atoms with Crippen molar-refractivity contribution in [2.24, 2.45) is 35.5 Å². The van der Waals surface area contributed by atoms with Gasteiger partial charge in [0.15, 0.2) is 0 Å². The highest BCUT2D eigenvalue weighted by atomic mass is 16.5. The molecular weight excluding hydrogens is 248 g/mol. The van der Waals surface area contributed by atoms with Crippen molar-refractivity contribution in [3.63, 3.8) is 0 Å². The second-order valence-corrected chi connectivity index (χ2v) is 6.82. The number of hydrogen-bond acceptors (Lipinski definition) is 2. The summed E-state index contributed by atoms with van der Waals surface area (Å²) in [7, 11) is 0. The van der Waals surface area contributed by atoms with Crippen LogP contribution >= 0.6 is 0 Å². The zero-order valence-corrected chi connectivity index (χ0v) is 11.3. The molecule has 0 amide bonds. The molecule has 2 nitrogen and oxygen atoms in total. The zero-order valence-electron chi connectivity index (χ0n) is 11.3. The molecule has 6 rings (SSSR count). The molecule has 5 aliphatic carbocycles. The van der Waals surface area contributed by atoms with Gasteiger partial charge in [-0.1, -0.05) is 30.4 Å². The predicted octanol–water partition coefficient (Wildman–Crippen LogP) is 3.30. The molecule has 5 aliphatic rings. The van der Waals surface area contributed by atoms with Gasteiger partial charge in [0.25, 0.3) is 0 Å². The Morgan fingerprint density at radius 1 is 0.900 bits per heavy atom. The van der Waals surface area contributed by atoms with Gasteiger partial charge in [-0.05, 0) is 48.6 Å². The third-order valence-electron chi connectivity index (χ3n) is 6.16. The predicted molar refractivity (Wildman–Crippen MR) is 75.0 cm³/mol. The van der Waals surface area contributed by atoms with Crippen LogP contribution in [-0.2, 0) is 4.74 Å². The molecule has 6 bridgehead atoms. The van der Waals surface area contributed by atoms with Crippen molar-refractivity contribution in [3.05, 3.63) is 48.0 Å². The maximum absolute atomic E-state index is 12.3. The van der Waals surface area contributed by atoms with Crippen LogP contribution in [0.3, 0.4) is 0 Å². The van der Waals surface area contributed by atoms with Gasteiger partial charge in [0.1, 0.15) is 6.10 Å². The Labute approximate surface area is 118 Å². The van der Waals surface area contributed by atoms with Crippen LogP contribution in [0.25, 0.3) is 0 Å². The standard InChI is InChI=1S/C18H18O2/c19-18(10-6-2-1-3-7-10)20-17-13-11-8-4-5-9-12(13)15-14(11)16(15)17/h1-7,11-17H,8-9H2/t11-,12+,13?,14+,15-,16?,17-/m1/s1. The van der Waals surface area contributed by atoms with Gasteiger partial charge >= 0.3 is 5.97 Å². The van der Waals surface area contributed by atoms with Crippen molar-refractivity contribution in [1.82, 2.24) is 0 Å². The summed E-state index contributed by atoms with van der Waals surface area (Å²) in [5.74, 6) is 4.51. The van der Waals surface area contributed by atoms with E-state index in [-0.39, 0.29) is 12.1 Å². The van der Waals surface area contributed by atoms with Crippen molar-refractivity contribution in [3.8, 4) is 0 Å². The summed E-state index contributed by atoms with van der Waals surface area (Å²) >= 11 is 0. The molecule has 0 saturated heterocycles. The lowest BCUT2D eigenvalue weighted by molar-refractivity contribution is 0.0147. The van der Waals surface area contributed by atoms with Crippen molar-refractivity contribution in [2.75, 3.05) is 0 Å². The Balaban J connectivity index is 1.39. The Kier molecular flexibility index (Phi) is 2.09. The van der Waals surface area contributed by atoms with Crippen LogP contribution in [-0.4, -0.2) is 12.1 Å². The third-order valence-corrected chi connectivity index (χ3v) is 6.16. The molecular formula is C18H18O2. The van der Waals surface area contributed by atoms with Gasteiger partial charge in [0.2, 0.25) is 0 Å². The summed E-state index contributed by atoms with van der Waals surface area (Å²) in [6.07, 6.45) is 7.32. The van der Waals surface area contributed by atoms with Crippen LogP contribution in [0.2, 0.25) is 0 Å². The van der Waals surface area contributed by atoms with E-state index in [0.717, 1.165) is 23.7 Å². The van der Waals surface area contributed by atoms with Crippen LogP contribution in [0.4, 0.5) is 0 Å². The highest BCUT2D eigenvalue weighted by Crippen LogP contribution is 2.78. The van der Waals surface area contributed by atoms with E-state index < -0.39 is 0 Å². The lowest BCUT2D eigenvalue weighted by Gasteiger charge is -2.22. The molecule has 0 aromatic heterocycles. The Morgan fingerprint density at radius 3 is 2.20 bits per heavy atom. The summed E-state index contributed by atoms with van der Waals surface area (Å²) in [6.45, 7) is 0. The van der Waals surface area contributed by atoms with Gasteiger partial charge in [-0.2, -0.15) is 0 Å². The highest BCUT2D eigenvalue weighted by Gasteiger charge is 2.78. The monoisotopic (exact) mass is 266 g/mol. The van der Waals surface area contributed by atoms with Gasteiger partial charge in [-0.15, -0.1) is 0 Å². The second kappa shape index (κ2) is 3.75. The van der Waals surface area contributed by atoms with E-state index >= 15 is 0 Å². The number of ether oxygens (including phenoxy) is 1. The van der Waals surface area contributed by atoms with Crippen LogP contribution in [0.5, 0.6) is 0 Å². The summed E-state index contributed by atoms with van der Waals surface area (Å²) in [6, 6.07) is 9.42. The highest BCUT2D eigenvalue weighted by molar-refractivity contribution is 5.89. The van der Waals surface area contributed by atoms with Crippen LogP contribution in [0, 0.1) is 35.5 Å². The maximum atomic E-state index is 12.3. The summed E-state index contributed by atoms with van der Waals surface area (Å²) in [5, 5.41) is 0. The average molecular weight is 266 g/mol. The Hall–Kier alpha value is -1.57. The first-order chi connectivity index (χ1) is 9.86. The molecule has 4 saturated carbocycles. The fraction of sp³-hybridized carbons (Fsp3) is 0.500. The molecule has 0 N–H and O–H groups in total. The Morgan fingerprint density at radius 2 is 1.55 bits per heavy atom. The topological polar surface area (TPSA) is 26.3 Å². The normalized spacial score (nSPS) is 46.1. The largest absolute Gasteiger partial charge is 0.458 e. The van der Waals surface area contributed by atoms with E-state index in [9.17, 15) is 4.79 Å². The van der Waals surface area contributed by atoms with Crippen molar-refractivity contribution >= 4 is 5.97 Å². The molecule has 2 unspecified atom stereocenters. The van der Waals surface area contributed by atoms with Crippen LogP contribution < -0.4 is 0 Å². The second-order valence-electron chi connectivity index (χ2n) is 6.82. The summed E-state index contributed by atoms with van der Waals surface area (Å²) in [4.78, 5) is 12.3. The van der Waals surface area contributed by atoms with Crippen LogP contribution in [0.15, 0.2) is 42.5 Å². The first-order valence-corrected chi connectivity index (χ1v) is 7.77. The molecule has 1 aromatic rings. The third kappa shape index (κ3) is 1.27. The van der Waals surface area contributed by atoms with Gasteiger partial charge < -0.3 is 4.74 Å². The van der Waals surface area contributed by atoms with E-state index in [4.69, 9.17) is 4.74 Å². The molecule has 102 valence electrons. The van der Waals surface area contributed by atoms with E-state index in [0.29, 0.717) is 17.4 Å². The van der Waals surface area contributed by atoms with E-state index in [1.807, 2.05) is 30.3 Å². The molecule has 1 aromatic carbocycles. The number of esters is 1. The number of carbonyl (C=O) groups is 1. The minimum atomic E-state index is -0.126. The molecule has 0 spiro atoms. The number of allylic oxidation sites excluding steroid dienone is 2. The smallest absolute Gasteiger partial charge is 0.338 e. The van der Waals surface area contributed by atoms with E-state index in [2.05, 4.69) is 12.2 Å². The van der Waals surface area contributed by atoms with Crippen LogP contribution in [0.1, 0.15) is 23.2 Å². The van der Waals surface area contributed by atoms with Gasteiger partial charge in [-0.3, -0.25) is 0 Å². The molecule has 2 heteroatoms. The lowest BCUT2D eigenvalue weighted by atomic mass is 9.89. The molecule has 0 radical (unpaired) electrons. The fourth-order valence-electron chi connectivity index (χ4n) is 5.60. The van der Waals surface area contributed by atoms with Gasteiger partial charge in [0.05, 0.1) is 5.56 Å². The number of benzene rings is 1. The van der Waals surface area contributed by atoms with E-state index in [1.165, 1.54) is 12.8 Å². The van der Waals surface area contributed by atoms with Crippen molar-refractivity contribution < 1.29 is 9.53 Å². The minimum absolute atomic E-state index is 0.126. The molecule has 20 heavy (non-hydrogen) atoms. The van der Waals surface area contributed by atoms with Crippen molar-refractivity contribution in [1.29, 1.82) is 0 Å². The number of rotatable bonds is 2. The minimum Gasteiger partial charge on any atom is -0.458 e. The lowest BCUT2D eigenvalue weighted by Crippen LogP contribution is -2.26. The van der Waals surface area contributed by atoms with Gasteiger partial charge in [-0.25, -0.2) is 4.79 Å². The average Bonchev–Trinajstić information content (AvgIpc) is 2.95. The summed E-state index contributed by atoms with van der Waals surface area (Å²) in [5.41, 5.74) is 0.690. The Bertz CT molecular complexity index is 569. The maximum Gasteiger partial charge on any atom is 0.338 e. The molecule has 0 heterocycles. The fourth-order valence-corrected chi connectivity index (χ4v) is 5.60. The van der Waals surface area contributed by atoms with E-state index in [1.54, 1.807) is 0 Å². The quantitative estimate of drug-likeness (QED) is 0.606. The number of carbonyl (C=O) groups excluding carboxylic acids is 1. The molecule has 0 aliphatic heterocycles. The molecule has 4 fully saturated rings. The van der Waals surface area contributed by atoms with Crippen molar-refractivity contribution in [2.45, 2.75) is 18.9 Å². The first kappa shape index (κ1) is 11.1.